The lowest BCUT2D eigenvalue weighted by Crippen LogP contribution is -2.58. The number of carbonyl (C=O) groups is 2. The fourth-order valence-corrected chi connectivity index (χ4v) is 4.06. The third kappa shape index (κ3) is 5.04. The summed E-state index contributed by atoms with van der Waals surface area (Å²) in [5.74, 6) is -0.269. The van der Waals surface area contributed by atoms with Crippen molar-refractivity contribution in [2.75, 3.05) is 19.6 Å². The van der Waals surface area contributed by atoms with E-state index in [0.717, 1.165) is 19.4 Å². The molecule has 1 unspecified atom stereocenters. The minimum absolute atomic E-state index is 0.0973. The third-order valence-corrected chi connectivity index (χ3v) is 5.62. The Bertz CT molecular complexity index is 658. The molecule has 1 aromatic heterocycles. The summed E-state index contributed by atoms with van der Waals surface area (Å²) in [6, 6.07) is 0. The maximum absolute atomic E-state index is 12.8. The number of nitrogens with two attached hydrogens (primary N) is 1. The van der Waals surface area contributed by atoms with Gasteiger partial charge in [0.2, 0.25) is 5.89 Å². The zero-order valence-electron chi connectivity index (χ0n) is 15.7. The van der Waals surface area contributed by atoms with Crippen LogP contribution in [0, 0.1) is 5.92 Å². The molecule has 1 aromatic rings. The van der Waals surface area contributed by atoms with Gasteiger partial charge in [0.25, 0.3) is 17.6 Å². The number of likely N-dealkylation sites (tertiary alicyclic amines) is 1. The molecule has 0 spiro atoms. The third-order valence-electron chi connectivity index (χ3n) is 5.62. The molecular weight excluding hydrogens is 350 g/mol. The van der Waals surface area contributed by atoms with Gasteiger partial charge in [-0.05, 0) is 25.2 Å². The number of primary amides is 1. The Morgan fingerprint density at radius 2 is 2.11 bits per heavy atom. The lowest BCUT2D eigenvalue weighted by molar-refractivity contribution is -0.156. The largest absolute Gasteiger partial charge is 0.379 e. The maximum Gasteiger partial charge on any atom is 0.290 e. The predicted molar refractivity (Wildman–Crippen MR) is 96.5 cm³/mol. The molecule has 1 saturated carbocycles. The number of rotatable bonds is 8. The van der Waals surface area contributed by atoms with Gasteiger partial charge in [0.1, 0.15) is 0 Å². The number of hydrogen-bond donors (Lipinski definition) is 3. The van der Waals surface area contributed by atoms with E-state index in [1.165, 1.54) is 32.1 Å². The Kier molecular flexibility index (Phi) is 6.43. The van der Waals surface area contributed by atoms with Gasteiger partial charge in [-0.1, -0.05) is 37.3 Å². The van der Waals surface area contributed by atoms with Crippen LogP contribution in [0.4, 0.5) is 0 Å². The average Bonchev–Trinajstić information content (AvgIpc) is 3.13. The van der Waals surface area contributed by atoms with Crippen LogP contribution in [0.5, 0.6) is 0 Å². The molecule has 2 fully saturated rings. The predicted octanol–water partition coefficient (Wildman–Crippen LogP) is 0.582. The van der Waals surface area contributed by atoms with E-state index in [2.05, 4.69) is 15.5 Å². The summed E-state index contributed by atoms with van der Waals surface area (Å²) in [6.07, 6.45) is 8.64. The molecule has 3 rings (SSSR count). The summed E-state index contributed by atoms with van der Waals surface area (Å²) in [5.41, 5.74) is 3.66. The van der Waals surface area contributed by atoms with Gasteiger partial charge in [0, 0.05) is 19.6 Å². The summed E-state index contributed by atoms with van der Waals surface area (Å²) in [6.45, 7) is 1.68. The van der Waals surface area contributed by atoms with Gasteiger partial charge in [-0.2, -0.15) is 4.98 Å². The van der Waals surface area contributed by atoms with E-state index in [1.807, 2.05) is 0 Å². The number of aromatic nitrogens is 2. The van der Waals surface area contributed by atoms with E-state index in [9.17, 15) is 14.7 Å². The second kappa shape index (κ2) is 8.79. The van der Waals surface area contributed by atoms with E-state index < -0.39 is 11.5 Å². The molecule has 0 bridgehead atoms. The minimum atomic E-state index is -1.42. The van der Waals surface area contributed by atoms with Crippen LogP contribution in [0.25, 0.3) is 0 Å². The minimum Gasteiger partial charge on any atom is -0.379 e. The monoisotopic (exact) mass is 379 g/mol. The van der Waals surface area contributed by atoms with E-state index in [4.69, 9.17) is 10.3 Å². The first kappa shape index (κ1) is 19.8. The molecular formula is C18H29N5O4. The van der Waals surface area contributed by atoms with Crippen molar-refractivity contribution >= 4 is 11.8 Å². The first-order valence-corrected chi connectivity index (χ1v) is 9.83. The van der Waals surface area contributed by atoms with Gasteiger partial charge in [0.05, 0.1) is 6.54 Å². The number of aliphatic hydroxyl groups is 1. The van der Waals surface area contributed by atoms with Crippen LogP contribution >= 0.6 is 0 Å². The Balaban J connectivity index is 1.47. The topological polar surface area (TPSA) is 135 Å². The highest BCUT2D eigenvalue weighted by Gasteiger charge is 2.41. The SMILES string of the molecule is NC(=O)c1noc(CNCC2(O)CCCN(CCC3CCCCC3)C2=O)n1. The van der Waals surface area contributed by atoms with Gasteiger partial charge in [0.15, 0.2) is 5.60 Å². The first-order valence-electron chi connectivity index (χ1n) is 9.83. The van der Waals surface area contributed by atoms with Crippen LogP contribution in [-0.2, 0) is 11.3 Å². The molecule has 27 heavy (non-hydrogen) atoms. The van der Waals surface area contributed by atoms with Crippen molar-refractivity contribution in [1.82, 2.24) is 20.4 Å². The molecule has 2 amide bonds. The summed E-state index contributed by atoms with van der Waals surface area (Å²) >= 11 is 0. The highest BCUT2D eigenvalue weighted by molar-refractivity contribution is 5.88. The number of amides is 2. The lowest BCUT2D eigenvalue weighted by Gasteiger charge is -2.39. The number of nitrogens with zero attached hydrogens (tertiary/aromatic N) is 3. The van der Waals surface area contributed by atoms with Crippen molar-refractivity contribution in [3.05, 3.63) is 11.7 Å². The zero-order valence-corrected chi connectivity index (χ0v) is 15.7. The molecule has 9 heteroatoms. The molecule has 1 aliphatic heterocycles. The van der Waals surface area contributed by atoms with E-state index in [1.54, 1.807) is 4.90 Å². The standard InChI is InChI=1S/C18H29N5O4/c19-15(24)16-21-14(27-22-16)11-20-12-18(26)8-4-9-23(17(18)25)10-7-13-5-2-1-3-6-13/h13,20,26H,1-12H2,(H2,19,24). The summed E-state index contributed by atoms with van der Waals surface area (Å²) in [7, 11) is 0. The number of piperidine rings is 1. The zero-order chi connectivity index (χ0) is 19.3. The molecule has 150 valence electrons. The summed E-state index contributed by atoms with van der Waals surface area (Å²) in [4.78, 5) is 29.4. The molecule has 1 atom stereocenters. The van der Waals surface area contributed by atoms with Crippen LogP contribution < -0.4 is 11.1 Å². The molecule has 9 nitrogen and oxygen atoms in total. The quantitative estimate of drug-likeness (QED) is 0.601. The molecule has 1 saturated heterocycles. The van der Waals surface area contributed by atoms with Crippen molar-refractivity contribution in [3.63, 3.8) is 0 Å². The molecule has 2 aliphatic rings. The fraction of sp³-hybridized carbons (Fsp3) is 0.778. The lowest BCUT2D eigenvalue weighted by atomic mass is 9.86. The van der Waals surface area contributed by atoms with Crippen molar-refractivity contribution in [1.29, 1.82) is 0 Å². The van der Waals surface area contributed by atoms with E-state index in [-0.39, 0.29) is 30.7 Å². The highest BCUT2D eigenvalue weighted by Crippen LogP contribution is 2.28. The molecule has 0 radical (unpaired) electrons. The van der Waals surface area contributed by atoms with Gasteiger partial charge in [-0.25, -0.2) is 0 Å². The second-order valence-electron chi connectivity index (χ2n) is 7.70. The van der Waals surface area contributed by atoms with Crippen LogP contribution in [0.3, 0.4) is 0 Å². The average molecular weight is 379 g/mol. The molecule has 2 heterocycles. The number of nitrogens with one attached hydrogen (secondary N) is 1. The van der Waals surface area contributed by atoms with E-state index >= 15 is 0 Å². The van der Waals surface area contributed by atoms with E-state index in [0.29, 0.717) is 18.9 Å². The van der Waals surface area contributed by atoms with Crippen molar-refractivity contribution in [2.45, 2.75) is 63.5 Å². The number of carbonyl (C=O) groups excluding carboxylic acids is 2. The fourth-order valence-electron chi connectivity index (χ4n) is 4.06. The molecule has 4 N–H and O–H groups in total. The summed E-state index contributed by atoms with van der Waals surface area (Å²) in [5, 5.41) is 17.3. The Morgan fingerprint density at radius 1 is 1.33 bits per heavy atom. The normalized spacial score (nSPS) is 24.3. The van der Waals surface area contributed by atoms with Gasteiger partial charge >= 0.3 is 0 Å². The summed E-state index contributed by atoms with van der Waals surface area (Å²) < 4.78 is 4.90. The van der Waals surface area contributed by atoms with Crippen LogP contribution in [0.1, 0.15) is 67.9 Å². The Hall–Kier alpha value is -2.00. The van der Waals surface area contributed by atoms with Crippen molar-refractivity contribution in [2.24, 2.45) is 11.7 Å². The number of hydrogen-bond acceptors (Lipinski definition) is 7. The van der Waals surface area contributed by atoms with Crippen LogP contribution in [-0.4, -0.2) is 57.2 Å². The maximum atomic E-state index is 12.8. The highest BCUT2D eigenvalue weighted by atomic mass is 16.5. The molecule has 1 aliphatic carbocycles. The van der Waals surface area contributed by atoms with Crippen molar-refractivity contribution < 1.29 is 19.2 Å². The van der Waals surface area contributed by atoms with Crippen molar-refractivity contribution in [3.8, 4) is 0 Å². The smallest absolute Gasteiger partial charge is 0.290 e. The van der Waals surface area contributed by atoms with Gasteiger partial charge in [-0.3, -0.25) is 9.59 Å². The molecule has 0 aromatic carbocycles. The first-order chi connectivity index (χ1) is 13.0. The Morgan fingerprint density at radius 3 is 2.81 bits per heavy atom. The van der Waals surface area contributed by atoms with Gasteiger partial charge < -0.3 is 25.6 Å². The van der Waals surface area contributed by atoms with Crippen LogP contribution in [0.2, 0.25) is 0 Å². The van der Waals surface area contributed by atoms with Gasteiger partial charge in [-0.15, -0.1) is 0 Å². The Labute approximate surface area is 158 Å². The second-order valence-corrected chi connectivity index (χ2v) is 7.70. The van der Waals surface area contributed by atoms with Crippen LogP contribution in [0.15, 0.2) is 4.52 Å².